The molecule has 1 N–H and O–H groups in total. The highest BCUT2D eigenvalue weighted by Gasteiger charge is 2.56. The first-order valence-electron chi connectivity index (χ1n) is 10.5. The molecule has 0 unspecified atom stereocenters. The largest absolute Gasteiger partial charge is 0.481 e. The molecule has 0 radical (unpaired) electrons. The molecule has 30 heavy (non-hydrogen) atoms. The fourth-order valence-electron chi connectivity index (χ4n) is 4.21. The second-order valence-corrected chi connectivity index (χ2v) is 8.71. The van der Waals surface area contributed by atoms with Crippen LogP contribution in [0.15, 0.2) is 95.9 Å². The summed E-state index contributed by atoms with van der Waals surface area (Å²) >= 11 is 1.93. The van der Waals surface area contributed by atoms with Crippen LogP contribution in [0, 0.1) is 0 Å². The SMILES string of the molecule is O=C(O)CCCCCSC1=C(c2ccccc2)C1(c1ccccc1)c1ccccc1. The summed E-state index contributed by atoms with van der Waals surface area (Å²) in [5, 5.41) is 8.84. The number of carbonyl (C=O) groups is 1. The van der Waals surface area contributed by atoms with Gasteiger partial charge in [-0.15, -0.1) is 11.8 Å². The van der Waals surface area contributed by atoms with Gasteiger partial charge in [-0.25, -0.2) is 0 Å². The molecular weight excluding hydrogens is 388 g/mol. The van der Waals surface area contributed by atoms with E-state index >= 15 is 0 Å². The molecule has 152 valence electrons. The van der Waals surface area contributed by atoms with Crippen molar-refractivity contribution in [1.29, 1.82) is 0 Å². The molecule has 4 rings (SSSR count). The van der Waals surface area contributed by atoms with Crippen LogP contribution in [-0.2, 0) is 10.2 Å². The molecule has 0 atom stereocenters. The highest BCUT2D eigenvalue weighted by Crippen LogP contribution is 2.67. The molecule has 0 aliphatic heterocycles. The fraction of sp³-hybridized carbons (Fsp3) is 0.222. The van der Waals surface area contributed by atoms with E-state index < -0.39 is 5.97 Å². The number of thioether (sulfide) groups is 1. The molecular formula is C27H26O2S. The first-order chi connectivity index (χ1) is 14.7. The van der Waals surface area contributed by atoms with Gasteiger partial charge in [-0.3, -0.25) is 4.79 Å². The van der Waals surface area contributed by atoms with Crippen LogP contribution in [0.4, 0.5) is 0 Å². The van der Waals surface area contributed by atoms with Crippen molar-refractivity contribution in [3.8, 4) is 0 Å². The Morgan fingerprint density at radius 1 is 0.733 bits per heavy atom. The summed E-state index contributed by atoms with van der Waals surface area (Å²) in [6.07, 6.45) is 3.00. The minimum Gasteiger partial charge on any atom is -0.481 e. The second kappa shape index (κ2) is 9.36. The van der Waals surface area contributed by atoms with E-state index in [0.29, 0.717) is 0 Å². The Balaban J connectivity index is 1.64. The number of carboxylic acid groups (broad SMARTS) is 1. The highest BCUT2D eigenvalue weighted by molar-refractivity contribution is 8.03. The molecule has 0 heterocycles. The van der Waals surface area contributed by atoms with E-state index in [1.54, 1.807) is 0 Å². The molecule has 0 fully saturated rings. The molecule has 0 spiro atoms. The van der Waals surface area contributed by atoms with E-state index in [-0.39, 0.29) is 11.8 Å². The Morgan fingerprint density at radius 3 is 1.80 bits per heavy atom. The van der Waals surface area contributed by atoms with Crippen molar-refractivity contribution in [2.24, 2.45) is 0 Å². The van der Waals surface area contributed by atoms with Gasteiger partial charge in [0, 0.05) is 11.3 Å². The number of allylic oxidation sites excluding steroid dienone is 2. The topological polar surface area (TPSA) is 37.3 Å². The average molecular weight is 415 g/mol. The summed E-state index contributed by atoms with van der Waals surface area (Å²) in [6, 6.07) is 32.2. The lowest BCUT2D eigenvalue weighted by atomic mass is 9.81. The molecule has 0 amide bonds. The van der Waals surface area contributed by atoms with Crippen molar-refractivity contribution in [1.82, 2.24) is 0 Å². The maximum atomic E-state index is 10.7. The number of benzene rings is 3. The lowest BCUT2D eigenvalue weighted by Gasteiger charge is -2.22. The van der Waals surface area contributed by atoms with Gasteiger partial charge in [0.1, 0.15) is 0 Å². The van der Waals surface area contributed by atoms with E-state index in [1.165, 1.54) is 27.2 Å². The molecule has 1 aliphatic rings. The van der Waals surface area contributed by atoms with Crippen molar-refractivity contribution in [2.45, 2.75) is 31.1 Å². The molecule has 0 saturated carbocycles. The molecule has 1 aliphatic carbocycles. The average Bonchev–Trinajstić information content (AvgIpc) is 3.47. The van der Waals surface area contributed by atoms with Crippen LogP contribution in [-0.4, -0.2) is 16.8 Å². The van der Waals surface area contributed by atoms with Crippen molar-refractivity contribution in [2.75, 3.05) is 5.75 Å². The fourth-order valence-corrected chi connectivity index (χ4v) is 5.69. The number of hydrogen-bond acceptors (Lipinski definition) is 2. The Morgan fingerprint density at radius 2 is 1.27 bits per heavy atom. The van der Waals surface area contributed by atoms with Crippen LogP contribution in [0.2, 0.25) is 0 Å². The minimum absolute atomic E-state index is 0.185. The lowest BCUT2D eigenvalue weighted by Crippen LogP contribution is -2.15. The summed E-state index contributed by atoms with van der Waals surface area (Å²) in [5.74, 6) is 0.304. The molecule has 0 bridgehead atoms. The summed E-state index contributed by atoms with van der Waals surface area (Å²) in [6.45, 7) is 0. The quantitative estimate of drug-likeness (QED) is 0.372. The molecule has 0 aromatic heterocycles. The molecule has 2 nitrogen and oxygen atoms in total. The number of hydrogen-bond donors (Lipinski definition) is 1. The third-order valence-electron chi connectivity index (χ3n) is 5.64. The minimum atomic E-state index is -0.703. The summed E-state index contributed by atoms with van der Waals surface area (Å²) < 4.78 is 0. The molecule has 3 aromatic carbocycles. The normalized spacial score (nSPS) is 14.5. The third-order valence-corrected chi connectivity index (χ3v) is 6.93. The maximum absolute atomic E-state index is 10.7. The van der Waals surface area contributed by atoms with Crippen LogP contribution >= 0.6 is 11.8 Å². The van der Waals surface area contributed by atoms with Gasteiger partial charge in [0.2, 0.25) is 0 Å². The van der Waals surface area contributed by atoms with Crippen molar-refractivity contribution >= 4 is 23.3 Å². The number of rotatable bonds is 10. The van der Waals surface area contributed by atoms with Gasteiger partial charge in [0.05, 0.1) is 5.41 Å². The zero-order valence-corrected chi connectivity index (χ0v) is 17.8. The monoisotopic (exact) mass is 414 g/mol. The molecule has 3 aromatic rings. The van der Waals surface area contributed by atoms with Gasteiger partial charge in [-0.2, -0.15) is 0 Å². The van der Waals surface area contributed by atoms with Crippen LogP contribution in [0.5, 0.6) is 0 Å². The van der Waals surface area contributed by atoms with Gasteiger partial charge < -0.3 is 5.11 Å². The summed E-state index contributed by atoms with van der Waals surface area (Å²) in [5.41, 5.74) is 5.11. The van der Waals surface area contributed by atoms with Crippen LogP contribution in [0.3, 0.4) is 0 Å². The van der Waals surface area contributed by atoms with Crippen molar-refractivity contribution in [3.05, 3.63) is 113 Å². The van der Waals surface area contributed by atoms with Gasteiger partial charge in [0.25, 0.3) is 0 Å². The number of unbranched alkanes of at least 4 members (excludes halogenated alkanes) is 2. The van der Waals surface area contributed by atoms with Gasteiger partial charge in [-0.1, -0.05) is 97.4 Å². The number of aliphatic carboxylic acids is 1. The van der Waals surface area contributed by atoms with Crippen molar-refractivity contribution in [3.63, 3.8) is 0 Å². The summed E-state index contributed by atoms with van der Waals surface area (Å²) in [4.78, 5) is 12.2. The van der Waals surface area contributed by atoms with Gasteiger partial charge >= 0.3 is 5.97 Å². The van der Waals surface area contributed by atoms with Gasteiger partial charge in [-0.05, 0) is 40.9 Å². The Hall–Kier alpha value is -2.78. The van der Waals surface area contributed by atoms with E-state index in [2.05, 4.69) is 91.0 Å². The van der Waals surface area contributed by atoms with Gasteiger partial charge in [0.15, 0.2) is 0 Å². The van der Waals surface area contributed by atoms with E-state index in [1.807, 2.05) is 11.8 Å². The van der Waals surface area contributed by atoms with Crippen LogP contribution in [0.1, 0.15) is 42.4 Å². The first-order valence-corrected chi connectivity index (χ1v) is 11.5. The zero-order chi connectivity index (χ0) is 20.8. The number of carboxylic acids is 1. The zero-order valence-electron chi connectivity index (χ0n) is 17.0. The molecule has 3 heteroatoms. The van der Waals surface area contributed by atoms with E-state index in [9.17, 15) is 4.79 Å². The van der Waals surface area contributed by atoms with E-state index in [0.717, 1.165) is 25.0 Å². The predicted octanol–water partition coefficient (Wildman–Crippen LogP) is 6.78. The Labute approximate surface area is 182 Å². The summed E-state index contributed by atoms with van der Waals surface area (Å²) in [7, 11) is 0. The van der Waals surface area contributed by atoms with Crippen LogP contribution < -0.4 is 0 Å². The maximum Gasteiger partial charge on any atom is 0.303 e. The first kappa shape index (κ1) is 20.5. The lowest BCUT2D eigenvalue weighted by molar-refractivity contribution is -0.137. The second-order valence-electron chi connectivity index (χ2n) is 7.61. The highest BCUT2D eigenvalue weighted by atomic mass is 32.2. The predicted molar refractivity (Wildman–Crippen MR) is 126 cm³/mol. The van der Waals surface area contributed by atoms with Crippen LogP contribution in [0.25, 0.3) is 5.57 Å². The standard InChI is InChI=1S/C27H26O2S/c28-24(29)19-11-4-12-20-30-26-25(21-13-5-1-6-14-21)27(26,22-15-7-2-8-16-22)23-17-9-3-10-18-23/h1-3,5-10,13-18H,4,11-12,19-20H2,(H,28,29). The van der Waals surface area contributed by atoms with Crippen molar-refractivity contribution < 1.29 is 9.90 Å². The molecule has 0 saturated heterocycles. The smallest absolute Gasteiger partial charge is 0.303 e. The Kier molecular flexibility index (Phi) is 6.39. The van der Waals surface area contributed by atoms with E-state index in [4.69, 9.17) is 5.11 Å². The Bertz CT molecular complexity index is 971. The third kappa shape index (κ3) is 4.08.